The Morgan fingerprint density at radius 2 is 1.84 bits per heavy atom. The second-order valence-electron chi connectivity index (χ2n) is 11.6. The van der Waals surface area contributed by atoms with Crippen LogP contribution < -0.4 is 0 Å². The van der Waals surface area contributed by atoms with Crippen molar-refractivity contribution in [1.29, 1.82) is 0 Å². The fourth-order valence-electron chi connectivity index (χ4n) is 7.59. The number of nitrogens with zero attached hydrogens (tertiary/aromatic N) is 1. The maximum absolute atomic E-state index is 12.5. The van der Waals surface area contributed by atoms with Gasteiger partial charge in [-0.3, -0.25) is 0 Å². The molecule has 0 aromatic carbocycles. The molecule has 182 valence electrons. The first-order chi connectivity index (χ1) is 15.2. The van der Waals surface area contributed by atoms with Crippen LogP contribution in [0.1, 0.15) is 78.1 Å². The normalized spacial score (nSPS) is 38.7. The van der Waals surface area contributed by atoms with Crippen LogP contribution in [-0.2, 0) is 0 Å². The average molecular weight is 452 g/mol. The van der Waals surface area contributed by atoms with Crippen molar-refractivity contribution < 1.29 is 19.0 Å². The van der Waals surface area contributed by atoms with Crippen molar-refractivity contribution in [3.63, 3.8) is 0 Å². The number of rotatable bonds is 7. The standard InChI is InChI=1S/C27H43F2NO2/c1-18(9-11-30-16-20(17-30)14-26(28)29)24-7-8-25-21(4-3-10-27(24,25)2)6-5-19-12-22(31)15-23(32)13-19/h5-6,18,20,22-26,31-32H,3-4,7-17H2,1-2H3/t18?,22-,23-,24-,25+,27-/m1/s1. The molecule has 3 nitrogen and oxygen atoms in total. The van der Waals surface area contributed by atoms with Gasteiger partial charge in [0, 0.05) is 19.5 Å². The maximum atomic E-state index is 12.5. The second-order valence-corrected chi connectivity index (χ2v) is 11.6. The first-order valence-electron chi connectivity index (χ1n) is 13.0. The Labute approximate surface area is 193 Å². The Bertz CT molecular complexity index is 690. The lowest BCUT2D eigenvalue weighted by Gasteiger charge is -2.45. The van der Waals surface area contributed by atoms with Crippen LogP contribution in [0, 0.1) is 29.1 Å². The summed E-state index contributed by atoms with van der Waals surface area (Å²) in [7, 11) is 0. The van der Waals surface area contributed by atoms with Crippen molar-refractivity contribution >= 4 is 0 Å². The molecule has 2 N–H and O–H groups in total. The van der Waals surface area contributed by atoms with E-state index in [0.717, 1.165) is 25.6 Å². The summed E-state index contributed by atoms with van der Waals surface area (Å²) in [5.74, 6) is 2.25. The van der Waals surface area contributed by atoms with E-state index < -0.39 is 18.6 Å². The lowest BCUT2D eigenvalue weighted by molar-refractivity contribution is 0.0268. The molecule has 1 unspecified atom stereocenters. The van der Waals surface area contributed by atoms with Crippen LogP contribution in [0.2, 0.25) is 0 Å². The third-order valence-corrected chi connectivity index (χ3v) is 9.24. The Kier molecular flexibility index (Phi) is 7.78. The number of aliphatic hydroxyl groups is 2. The third kappa shape index (κ3) is 5.47. The van der Waals surface area contributed by atoms with Crippen molar-refractivity contribution in [2.75, 3.05) is 19.6 Å². The average Bonchev–Trinajstić information content (AvgIpc) is 3.04. The molecule has 6 atom stereocenters. The van der Waals surface area contributed by atoms with Crippen LogP contribution in [0.5, 0.6) is 0 Å². The molecule has 0 radical (unpaired) electrons. The Hall–Kier alpha value is -0.780. The SMILES string of the molecule is CC(CCN1CC(CC(F)F)C1)[C@H]1CC[C@H]2C(=CC=C3C[C@@H](O)C[C@H](O)C3)CCC[C@]12C. The van der Waals surface area contributed by atoms with E-state index >= 15 is 0 Å². The molecule has 1 heterocycles. The topological polar surface area (TPSA) is 43.7 Å². The second kappa shape index (κ2) is 10.2. The molecule has 4 rings (SSSR count). The van der Waals surface area contributed by atoms with Gasteiger partial charge in [-0.25, -0.2) is 8.78 Å². The molecule has 3 saturated carbocycles. The highest BCUT2D eigenvalue weighted by Crippen LogP contribution is 2.59. The summed E-state index contributed by atoms with van der Waals surface area (Å²) in [5, 5.41) is 20.0. The lowest BCUT2D eigenvalue weighted by Crippen LogP contribution is -2.48. The van der Waals surface area contributed by atoms with E-state index in [2.05, 4.69) is 30.9 Å². The molecular formula is C27H43F2NO2. The molecule has 0 spiro atoms. The van der Waals surface area contributed by atoms with Crippen molar-refractivity contribution in [2.45, 2.75) is 96.7 Å². The molecule has 0 aromatic rings. The number of halogens is 2. The van der Waals surface area contributed by atoms with Crippen LogP contribution in [0.15, 0.2) is 23.3 Å². The van der Waals surface area contributed by atoms with Crippen molar-refractivity contribution in [3.8, 4) is 0 Å². The van der Waals surface area contributed by atoms with E-state index in [1.165, 1.54) is 44.1 Å². The lowest BCUT2D eigenvalue weighted by atomic mass is 9.61. The summed E-state index contributed by atoms with van der Waals surface area (Å²) >= 11 is 0. The summed E-state index contributed by atoms with van der Waals surface area (Å²) < 4.78 is 25.1. The fraction of sp³-hybridized carbons (Fsp3) is 0.852. The molecule has 5 heteroatoms. The van der Waals surface area contributed by atoms with Gasteiger partial charge >= 0.3 is 0 Å². The highest BCUT2D eigenvalue weighted by molar-refractivity contribution is 5.26. The molecule has 32 heavy (non-hydrogen) atoms. The van der Waals surface area contributed by atoms with Crippen LogP contribution in [0.3, 0.4) is 0 Å². The minimum atomic E-state index is -2.16. The number of hydrogen-bond acceptors (Lipinski definition) is 3. The molecule has 0 amide bonds. The number of alkyl halides is 2. The summed E-state index contributed by atoms with van der Waals surface area (Å²) in [6.07, 6.45) is 11.0. The van der Waals surface area contributed by atoms with Gasteiger partial charge in [-0.15, -0.1) is 0 Å². The van der Waals surface area contributed by atoms with Crippen LogP contribution >= 0.6 is 0 Å². The molecule has 1 aliphatic heterocycles. The summed E-state index contributed by atoms with van der Waals surface area (Å²) in [6.45, 7) is 7.69. The highest BCUT2D eigenvalue weighted by atomic mass is 19.3. The number of likely N-dealkylation sites (tertiary alicyclic amines) is 1. The molecule has 4 aliphatic rings. The third-order valence-electron chi connectivity index (χ3n) is 9.24. The predicted molar refractivity (Wildman–Crippen MR) is 125 cm³/mol. The van der Waals surface area contributed by atoms with E-state index in [4.69, 9.17) is 0 Å². The van der Waals surface area contributed by atoms with Crippen LogP contribution in [0.25, 0.3) is 0 Å². The quantitative estimate of drug-likeness (QED) is 0.531. The van der Waals surface area contributed by atoms with Gasteiger partial charge in [0.2, 0.25) is 6.43 Å². The number of hydrogen-bond donors (Lipinski definition) is 2. The monoisotopic (exact) mass is 451 g/mol. The predicted octanol–water partition coefficient (Wildman–Crippen LogP) is 5.57. The smallest absolute Gasteiger partial charge is 0.239 e. The van der Waals surface area contributed by atoms with Crippen molar-refractivity contribution in [2.24, 2.45) is 29.1 Å². The highest BCUT2D eigenvalue weighted by Gasteiger charge is 2.50. The maximum Gasteiger partial charge on any atom is 0.239 e. The number of aliphatic hydroxyl groups excluding tert-OH is 2. The van der Waals surface area contributed by atoms with Crippen LogP contribution in [-0.4, -0.2) is 53.4 Å². The number of allylic oxidation sites excluding steroid dienone is 3. The van der Waals surface area contributed by atoms with Gasteiger partial charge in [0.25, 0.3) is 0 Å². The zero-order chi connectivity index (χ0) is 22.9. The molecule has 3 aliphatic carbocycles. The van der Waals surface area contributed by atoms with E-state index in [9.17, 15) is 19.0 Å². The van der Waals surface area contributed by atoms with Crippen LogP contribution in [0.4, 0.5) is 8.78 Å². The molecule has 4 fully saturated rings. The molecular weight excluding hydrogens is 408 g/mol. The molecule has 0 aromatic heterocycles. The Balaban J connectivity index is 1.33. The van der Waals surface area contributed by atoms with E-state index in [1.807, 2.05) is 0 Å². The van der Waals surface area contributed by atoms with Gasteiger partial charge in [0.1, 0.15) is 0 Å². The van der Waals surface area contributed by atoms with E-state index in [0.29, 0.717) is 36.5 Å². The van der Waals surface area contributed by atoms with E-state index in [-0.39, 0.29) is 12.3 Å². The largest absolute Gasteiger partial charge is 0.393 e. The molecule has 1 saturated heterocycles. The van der Waals surface area contributed by atoms with Gasteiger partial charge < -0.3 is 15.1 Å². The summed E-state index contributed by atoms with van der Waals surface area (Å²) in [6, 6.07) is 0. The van der Waals surface area contributed by atoms with Gasteiger partial charge in [0.05, 0.1) is 12.2 Å². The Morgan fingerprint density at radius 3 is 2.53 bits per heavy atom. The van der Waals surface area contributed by atoms with Crippen molar-refractivity contribution in [3.05, 3.63) is 23.3 Å². The number of fused-ring (bicyclic) bond motifs is 1. The minimum Gasteiger partial charge on any atom is -0.393 e. The van der Waals surface area contributed by atoms with Gasteiger partial charge in [-0.2, -0.15) is 0 Å². The fourth-order valence-corrected chi connectivity index (χ4v) is 7.59. The first kappa shape index (κ1) is 24.3. The summed E-state index contributed by atoms with van der Waals surface area (Å²) in [5.41, 5.74) is 3.12. The summed E-state index contributed by atoms with van der Waals surface area (Å²) in [4.78, 5) is 2.36. The van der Waals surface area contributed by atoms with Crippen molar-refractivity contribution in [1.82, 2.24) is 4.90 Å². The minimum absolute atomic E-state index is 0.0671. The zero-order valence-electron chi connectivity index (χ0n) is 20.0. The van der Waals surface area contributed by atoms with Gasteiger partial charge in [-0.05, 0) is 93.4 Å². The Morgan fingerprint density at radius 1 is 1.12 bits per heavy atom. The first-order valence-corrected chi connectivity index (χ1v) is 13.0. The zero-order valence-corrected chi connectivity index (χ0v) is 20.0. The molecule has 0 bridgehead atoms. The van der Waals surface area contributed by atoms with Gasteiger partial charge in [0.15, 0.2) is 0 Å². The van der Waals surface area contributed by atoms with E-state index in [1.54, 1.807) is 5.57 Å². The van der Waals surface area contributed by atoms with Gasteiger partial charge in [-0.1, -0.05) is 37.1 Å².